The van der Waals surface area contributed by atoms with Crippen LogP contribution in [0.5, 0.6) is 0 Å². The van der Waals surface area contributed by atoms with Crippen LogP contribution in [0.25, 0.3) is 0 Å². The molecule has 0 bridgehead atoms. The molecule has 1 fully saturated rings. The Morgan fingerprint density at radius 3 is 2.64 bits per heavy atom. The number of carboxylic acid groups (broad SMARTS) is 1. The summed E-state index contributed by atoms with van der Waals surface area (Å²) >= 11 is 1.65. The SMILES string of the molecule is Cc1cnc(CCN(C)C(=O)NC2CCC(C(=O)O)CC2)s1. The van der Waals surface area contributed by atoms with E-state index < -0.39 is 5.97 Å². The largest absolute Gasteiger partial charge is 0.481 e. The van der Waals surface area contributed by atoms with Gasteiger partial charge in [-0.3, -0.25) is 4.79 Å². The van der Waals surface area contributed by atoms with Gasteiger partial charge in [-0.25, -0.2) is 9.78 Å². The lowest BCUT2D eigenvalue weighted by Crippen LogP contribution is -2.45. The zero-order valence-electron chi connectivity index (χ0n) is 13.0. The van der Waals surface area contributed by atoms with Gasteiger partial charge in [0.05, 0.1) is 10.9 Å². The number of urea groups is 1. The van der Waals surface area contributed by atoms with Crippen LogP contribution in [0.3, 0.4) is 0 Å². The van der Waals surface area contributed by atoms with Gasteiger partial charge in [-0.05, 0) is 32.6 Å². The summed E-state index contributed by atoms with van der Waals surface area (Å²) < 4.78 is 0. The van der Waals surface area contributed by atoms with Crippen LogP contribution in [0, 0.1) is 12.8 Å². The van der Waals surface area contributed by atoms with E-state index in [2.05, 4.69) is 10.3 Å². The smallest absolute Gasteiger partial charge is 0.317 e. The first kappa shape index (κ1) is 16.7. The molecule has 122 valence electrons. The second kappa shape index (κ2) is 7.58. The molecule has 0 atom stereocenters. The normalized spacial score (nSPS) is 21.4. The molecule has 1 heterocycles. The quantitative estimate of drug-likeness (QED) is 0.870. The van der Waals surface area contributed by atoms with E-state index in [1.165, 1.54) is 4.88 Å². The fraction of sp³-hybridized carbons (Fsp3) is 0.667. The zero-order chi connectivity index (χ0) is 16.1. The van der Waals surface area contributed by atoms with Crippen LogP contribution in [0.15, 0.2) is 6.20 Å². The molecule has 0 aliphatic heterocycles. The van der Waals surface area contributed by atoms with E-state index in [4.69, 9.17) is 5.11 Å². The minimum atomic E-state index is -0.722. The van der Waals surface area contributed by atoms with Crippen LogP contribution in [0.4, 0.5) is 4.79 Å². The second-order valence-corrected chi connectivity index (χ2v) is 7.19. The lowest BCUT2D eigenvalue weighted by atomic mass is 9.86. The summed E-state index contributed by atoms with van der Waals surface area (Å²) in [6.45, 7) is 2.65. The van der Waals surface area contributed by atoms with E-state index in [1.807, 2.05) is 13.1 Å². The highest BCUT2D eigenvalue weighted by molar-refractivity contribution is 7.11. The lowest BCUT2D eigenvalue weighted by molar-refractivity contribution is -0.142. The number of carbonyl (C=O) groups excluding carboxylic acids is 1. The van der Waals surface area contributed by atoms with Crippen molar-refractivity contribution >= 4 is 23.3 Å². The minimum Gasteiger partial charge on any atom is -0.481 e. The van der Waals surface area contributed by atoms with Crippen LogP contribution in [0.2, 0.25) is 0 Å². The molecule has 1 aliphatic rings. The van der Waals surface area contributed by atoms with Gasteiger partial charge in [-0.1, -0.05) is 0 Å². The van der Waals surface area contributed by atoms with Crippen LogP contribution in [-0.2, 0) is 11.2 Å². The number of carbonyl (C=O) groups is 2. The summed E-state index contributed by atoms with van der Waals surface area (Å²) in [6.07, 6.45) is 5.37. The zero-order valence-corrected chi connectivity index (χ0v) is 13.9. The molecule has 6 nitrogen and oxygen atoms in total. The predicted octanol–water partition coefficient (Wildman–Crippen LogP) is 2.28. The third-order valence-corrected chi connectivity index (χ3v) is 5.05. The number of nitrogens with zero attached hydrogens (tertiary/aromatic N) is 2. The molecule has 1 aromatic rings. The molecule has 0 spiro atoms. The Morgan fingerprint density at radius 2 is 2.09 bits per heavy atom. The van der Waals surface area contributed by atoms with E-state index in [0.717, 1.165) is 24.3 Å². The van der Waals surface area contributed by atoms with Gasteiger partial charge >= 0.3 is 12.0 Å². The molecule has 22 heavy (non-hydrogen) atoms. The molecule has 1 saturated carbocycles. The molecule has 0 radical (unpaired) electrons. The molecule has 0 unspecified atom stereocenters. The van der Waals surface area contributed by atoms with Crippen molar-refractivity contribution < 1.29 is 14.7 Å². The van der Waals surface area contributed by atoms with Crippen LogP contribution in [-0.4, -0.2) is 46.6 Å². The average molecular weight is 325 g/mol. The van der Waals surface area contributed by atoms with Crippen molar-refractivity contribution in [2.75, 3.05) is 13.6 Å². The molecule has 0 aromatic carbocycles. The van der Waals surface area contributed by atoms with E-state index in [1.54, 1.807) is 23.3 Å². The topological polar surface area (TPSA) is 82.5 Å². The number of aryl methyl sites for hydroxylation is 1. The monoisotopic (exact) mass is 325 g/mol. The maximum atomic E-state index is 12.1. The summed E-state index contributed by atoms with van der Waals surface area (Å²) in [6, 6.07) is -0.000268. The number of likely N-dealkylation sites (N-methyl/N-ethyl adjacent to an activating group) is 1. The number of amides is 2. The first-order chi connectivity index (χ1) is 10.5. The fourth-order valence-electron chi connectivity index (χ4n) is 2.65. The summed E-state index contributed by atoms with van der Waals surface area (Å²) in [4.78, 5) is 30.2. The number of aliphatic carboxylic acids is 1. The van der Waals surface area contributed by atoms with E-state index in [9.17, 15) is 9.59 Å². The van der Waals surface area contributed by atoms with Crippen molar-refractivity contribution in [1.82, 2.24) is 15.2 Å². The average Bonchev–Trinajstić information content (AvgIpc) is 2.91. The molecule has 0 saturated heterocycles. The van der Waals surface area contributed by atoms with Crippen molar-refractivity contribution in [2.24, 2.45) is 5.92 Å². The van der Waals surface area contributed by atoms with Gasteiger partial charge in [0.15, 0.2) is 0 Å². The Bertz CT molecular complexity index is 524. The number of thiazole rings is 1. The fourth-order valence-corrected chi connectivity index (χ4v) is 3.43. The van der Waals surface area contributed by atoms with Gasteiger partial charge in [-0.15, -0.1) is 11.3 Å². The number of hydrogen-bond acceptors (Lipinski definition) is 4. The van der Waals surface area contributed by atoms with E-state index in [0.29, 0.717) is 19.4 Å². The molecule has 2 rings (SSSR count). The van der Waals surface area contributed by atoms with Gasteiger partial charge in [0, 0.05) is 37.1 Å². The van der Waals surface area contributed by atoms with E-state index in [-0.39, 0.29) is 18.0 Å². The Balaban J connectivity index is 1.71. The van der Waals surface area contributed by atoms with Crippen LogP contribution >= 0.6 is 11.3 Å². The van der Waals surface area contributed by atoms with Gasteiger partial charge in [0.2, 0.25) is 0 Å². The Kier molecular flexibility index (Phi) is 5.76. The number of hydrogen-bond donors (Lipinski definition) is 2. The van der Waals surface area contributed by atoms with Crippen molar-refractivity contribution in [3.05, 3.63) is 16.1 Å². The highest BCUT2D eigenvalue weighted by Crippen LogP contribution is 2.24. The maximum absolute atomic E-state index is 12.1. The summed E-state index contributed by atoms with van der Waals surface area (Å²) in [5, 5.41) is 13.0. The standard InChI is InChI=1S/C15H23N3O3S/c1-10-9-16-13(22-10)7-8-18(2)15(21)17-12-5-3-11(4-6-12)14(19)20/h9,11-12H,3-8H2,1-2H3,(H,17,21)(H,19,20). The maximum Gasteiger partial charge on any atom is 0.317 e. The summed E-state index contributed by atoms with van der Waals surface area (Å²) in [5.74, 6) is -0.973. The van der Waals surface area contributed by atoms with Crippen LogP contribution < -0.4 is 5.32 Å². The molecule has 1 aromatic heterocycles. The molecular formula is C15H23N3O3S. The van der Waals surface area contributed by atoms with Gasteiger partial charge in [0.1, 0.15) is 0 Å². The van der Waals surface area contributed by atoms with Crippen LogP contribution in [0.1, 0.15) is 35.6 Å². The van der Waals surface area contributed by atoms with Crippen molar-refractivity contribution in [3.8, 4) is 0 Å². The molecule has 2 amide bonds. The van der Waals surface area contributed by atoms with Gasteiger partial charge in [-0.2, -0.15) is 0 Å². The number of rotatable bonds is 5. The Labute approximate surface area is 134 Å². The number of aromatic nitrogens is 1. The molecule has 1 aliphatic carbocycles. The predicted molar refractivity (Wildman–Crippen MR) is 85.1 cm³/mol. The third kappa shape index (κ3) is 4.69. The highest BCUT2D eigenvalue weighted by atomic mass is 32.1. The number of nitrogens with one attached hydrogen (secondary N) is 1. The third-order valence-electron chi connectivity index (χ3n) is 4.08. The van der Waals surface area contributed by atoms with Gasteiger partial charge in [0.25, 0.3) is 0 Å². The first-order valence-corrected chi connectivity index (χ1v) is 8.43. The molecule has 2 N–H and O–H groups in total. The highest BCUT2D eigenvalue weighted by Gasteiger charge is 2.27. The van der Waals surface area contributed by atoms with Crippen molar-refractivity contribution in [3.63, 3.8) is 0 Å². The molecular weight excluding hydrogens is 302 g/mol. The second-order valence-electron chi connectivity index (χ2n) is 5.87. The van der Waals surface area contributed by atoms with Crippen molar-refractivity contribution in [1.29, 1.82) is 0 Å². The van der Waals surface area contributed by atoms with E-state index >= 15 is 0 Å². The summed E-state index contributed by atoms with van der Waals surface area (Å²) in [7, 11) is 1.78. The molecule has 7 heteroatoms. The number of carboxylic acids is 1. The van der Waals surface area contributed by atoms with Crippen molar-refractivity contribution in [2.45, 2.75) is 45.1 Å². The first-order valence-electron chi connectivity index (χ1n) is 7.61. The van der Waals surface area contributed by atoms with Gasteiger partial charge < -0.3 is 15.3 Å². The summed E-state index contributed by atoms with van der Waals surface area (Å²) in [5.41, 5.74) is 0. The lowest BCUT2D eigenvalue weighted by Gasteiger charge is -2.28. The minimum absolute atomic E-state index is 0.0904. The Hall–Kier alpha value is -1.63. The Morgan fingerprint density at radius 1 is 1.41 bits per heavy atom.